The van der Waals surface area contributed by atoms with Gasteiger partial charge in [0.15, 0.2) is 0 Å². The van der Waals surface area contributed by atoms with Gasteiger partial charge in [-0.25, -0.2) is 14.0 Å². The van der Waals surface area contributed by atoms with E-state index in [-0.39, 0.29) is 31.6 Å². The van der Waals surface area contributed by atoms with Gasteiger partial charge in [-0.15, -0.1) is 10.2 Å². The highest BCUT2D eigenvalue weighted by atomic mass is 19.3. The Kier molecular flexibility index (Phi) is 4.87. The summed E-state index contributed by atoms with van der Waals surface area (Å²) in [6, 6.07) is 6.69. The van der Waals surface area contributed by atoms with Crippen molar-refractivity contribution in [3.63, 3.8) is 0 Å². The van der Waals surface area contributed by atoms with Crippen LogP contribution in [-0.4, -0.2) is 53.5 Å². The second-order valence-electron chi connectivity index (χ2n) is 7.50. The van der Waals surface area contributed by atoms with Crippen LogP contribution < -0.4 is 5.69 Å². The van der Waals surface area contributed by atoms with Crippen molar-refractivity contribution in [1.82, 2.24) is 29.2 Å². The van der Waals surface area contributed by atoms with E-state index in [0.29, 0.717) is 22.3 Å². The molecule has 170 valence electrons. The van der Waals surface area contributed by atoms with Crippen molar-refractivity contribution in [2.75, 3.05) is 13.1 Å². The number of hydrogen-bond acceptors (Lipinski definition) is 6. The molecule has 0 bridgehead atoms. The average molecular weight is 460 g/mol. The Balaban J connectivity index is 1.46. The van der Waals surface area contributed by atoms with Gasteiger partial charge in [-0.2, -0.15) is 8.78 Å². The lowest BCUT2D eigenvalue weighted by molar-refractivity contribution is 0.0856. The molecule has 4 aromatic rings. The largest absolute Gasteiger partial charge is 0.465 e. The zero-order valence-corrected chi connectivity index (χ0v) is 16.7. The van der Waals surface area contributed by atoms with E-state index in [1.807, 2.05) is 0 Å². The maximum Gasteiger partial charge on any atom is 0.407 e. The van der Waals surface area contributed by atoms with E-state index >= 15 is 0 Å². The molecule has 0 saturated carbocycles. The number of alkyl halides is 2. The van der Waals surface area contributed by atoms with Gasteiger partial charge in [-0.05, 0) is 30.3 Å². The number of aromatic nitrogens is 5. The molecular formula is C20H15F3N6O4. The molecule has 4 heterocycles. The smallest absolute Gasteiger partial charge is 0.407 e. The number of carboxylic acid groups (broad SMARTS) is 1. The van der Waals surface area contributed by atoms with Gasteiger partial charge in [-0.3, -0.25) is 14.1 Å². The molecule has 10 nitrogen and oxygen atoms in total. The van der Waals surface area contributed by atoms with Crippen molar-refractivity contribution in [2.24, 2.45) is 0 Å². The molecule has 33 heavy (non-hydrogen) atoms. The summed E-state index contributed by atoms with van der Waals surface area (Å²) >= 11 is 0. The summed E-state index contributed by atoms with van der Waals surface area (Å²) in [5.74, 6) is -1.44. The normalized spacial score (nSPS) is 14.2. The number of nitrogens with zero attached hydrogens (tertiary/aromatic N) is 6. The molecule has 1 amide bonds. The minimum Gasteiger partial charge on any atom is -0.465 e. The lowest BCUT2D eigenvalue weighted by Gasteiger charge is -2.37. The topological polar surface area (TPSA) is 119 Å². The summed E-state index contributed by atoms with van der Waals surface area (Å²) in [6.07, 6.45) is -2.61. The van der Waals surface area contributed by atoms with Gasteiger partial charge < -0.3 is 14.4 Å². The number of hydrogen-bond donors (Lipinski definition) is 1. The highest BCUT2D eigenvalue weighted by Crippen LogP contribution is 2.26. The molecule has 3 aromatic heterocycles. The molecule has 5 rings (SSSR count). The number of fused-ring (bicyclic) bond motifs is 1. The zero-order valence-electron chi connectivity index (χ0n) is 16.7. The highest BCUT2D eigenvalue weighted by Gasteiger charge is 2.34. The number of carbonyl (C=O) groups is 1. The first kappa shape index (κ1) is 20.7. The standard InChI is InChI=1S/C20H15F3N6O4/c21-11-2-4-14-15(5-11)28(19(30)29(14)13-8-27(9-13)20(31)32)7-12-3-1-10(6-24-12)17-25-26-18(33-17)16(22)23/h1-6,13,16H,7-9H2,(H,31,32). The third-order valence-corrected chi connectivity index (χ3v) is 5.44. The SMILES string of the molecule is O=C(O)N1CC(n2c(=O)n(Cc3ccc(-c4nnc(C(F)F)o4)cn3)c3cc(F)ccc32)C1. The summed E-state index contributed by atoms with van der Waals surface area (Å²) in [6.45, 7) is 0.320. The summed E-state index contributed by atoms with van der Waals surface area (Å²) in [4.78, 5) is 29.7. The van der Waals surface area contributed by atoms with Crippen LogP contribution in [0.5, 0.6) is 0 Å². The van der Waals surface area contributed by atoms with E-state index in [9.17, 15) is 22.8 Å². The number of rotatable bonds is 5. The Morgan fingerprint density at radius 1 is 1.18 bits per heavy atom. The van der Waals surface area contributed by atoms with E-state index in [0.717, 1.165) is 0 Å². The van der Waals surface area contributed by atoms with Crippen molar-refractivity contribution in [1.29, 1.82) is 0 Å². The molecule has 1 aliphatic heterocycles. The molecule has 13 heteroatoms. The molecule has 0 radical (unpaired) electrons. The zero-order chi connectivity index (χ0) is 23.3. The summed E-state index contributed by atoms with van der Waals surface area (Å²) in [7, 11) is 0. The molecule has 0 unspecified atom stereocenters. The van der Waals surface area contributed by atoms with Crippen LogP contribution in [0, 0.1) is 5.82 Å². The van der Waals surface area contributed by atoms with Gasteiger partial charge in [0.25, 0.3) is 5.89 Å². The second kappa shape index (κ2) is 7.76. The van der Waals surface area contributed by atoms with E-state index in [2.05, 4.69) is 15.2 Å². The first-order valence-electron chi connectivity index (χ1n) is 9.77. The fourth-order valence-electron chi connectivity index (χ4n) is 3.78. The van der Waals surface area contributed by atoms with Crippen LogP contribution in [0.4, 0.5) is 18.0 Å². The Morgan fingerprint density at radius 3 is 2.61 bits per heavy atom. The summed E-state index contributed by atoms with van der Waals surface area (Å²) in [5.41, 5.74) is 1.17. The van der Waals surface area contributed by atoms with E-state index in [4.69, 9.17) is 9.52 Å². The summed E-state index contributed by atoms with van der Waals surface area (Å²) in [5, 5.41) is 15.9. The average Bonchev–Trinajstić information content (AvgIpc) is 3.33. The molecule has 1 saturated heterocycles. The van der Waals surface area contributed by atoms with Crippen molar-refractivity contribution in [3.05, 3.63) is 64.4 Å². The maximum absolute atomic E-state index is 14.0. The van der Waals surface area contributed by atoms with Crippen LogP contribution in [0.15, 0.2) is 45.7 Å². The van der Waals surface area contributed by atoms with Gasteiger partial charge in [0, 0.05) is 19.3 Å². The van der Waals surface area contributed by atoms with Gasteiger partial charge in [0.1, 0.15) is 5.82 Å². The third kappa shape index (κ3) is 3.60. The van der Waals surface area contributed by atoms with Crippen molar-refractivity contribution < 1.29 is 27.5 Å². The lowest BCUT2D eigenvalue weighted by atomic mass is 10.1. The van der Waals surface area contributed by atoms with E-state index in [1.165, 1.54) is 44.5 Å². The van der Waals surface area contributed by atoms with Crippen molar-refractivity contribution in [3.8, 4) is 11.5 Å². The van der Waals surface area contributed by atoms with Gasteiger partial charge in [-0.1, -0.05) is 0 Å². The van der Waals surface area contributed by atoms with Crippen LogP contribution in [-0.2, 0) is 6.54 Å². The molecular weight excluding hydrogens is 445 g/mol. The molecule has 1 aliphatic rings. The summed E-state index contributed by atoms with van der Waals surface area (Å²) < 4.78 is 47.0. The predicted molar refractivity (Wildman–Crippen MR) is 106 cm³/mol. The molecule has 0 aliphatic carbocycles. The number of pyridine rings is 1. The van der Waals surface area contributed by atoms with Gasteiger partial charge >= 0.3 is 18.2 Å². The van der Waals surface area contributed by atoms with Crippen LogP contribution in [0.2, 0.25) is 0 Å². The molecule has 1 aromatic carbocycles. The Morgan fingerprint density at radius 2 is 1.97 bits per heavy atom. The number of amides is 1. The van der Waals surface area contributed by atoms with Crippen LogP contribution in [0.25, 0.3) is 22.5 Å². The molecule has 0 atom stereocenters. The van der Waals surface area contributed by atoms with Crippen molar-refractivity contribution >= 4 is 17.1 Å². The fourth-order valence-corrected chi connectivity index (χ4v) is 3.78. The quantitative estimate of drug-likeness (QED) is 0.486. The minimum atomic E-state index is -2.89. The van der Waals surface area contributed by atoms with E-state index < -0.39 is 29.9 Å². The number of halogens is 3. The van der Waals surface area contributed by atoms with Gasteiger partial charge in [0.05, 0.1) is 34.9 Å². The number of imidazole rings is 1. The number of benzene rings is 1. The Hall–Kier alpha value is -4.16. The highest BCUT2D eigenvalue weighted by molar-refractivity contribution is 5.77. The minimum absolute atomic E-state index is 0.00749. The first-order chi connectivity index (χ1) is 15.8. The maximum atomic E-state index is 14.0. The van der Waals surface area contributed by atoms with E-state index in [1.54, 1.807) is 6.07 Å². The monoisotopic (exact) mass is 460 g/mol. The third-order valence-electron chi connectivity index (χ3n) is 5.44. The van der Waals surface area contributed by atoms with Crippen molar-refractivity contribution in [2.45, 2.75) is 19.0 Å². The Bertz CT molecular complexity index is 1410. The molecule has 1 fully saturated rings. The lowest BCUT2D eigenvalue weighted by Crippen LogP contribution is -2.52. The first-order valence-corrected chi connectivity index (χ1v) is 9.77. The van der Waals surface area contributed by atoms with Crippen LogP contribution in [0.1, 0.15) is 24.1 Å². The fraction of sp³-hybridized carbons (Fsp3) is 0.250. The molecule has 1 N–H and O–H groups in total. The van der Waals surface area contributed by atoms with Gasteiger partial charge in [0.2, 0.25) is 5.89 Å². The Labute approximate surface area is 182 Å². The van der Waals surface area contributed by atoms with Crippen LogP contribution >= 0.6 is 0 Å². The number of likely N-dealkylation sites (tertiary alicyclic amines) is 1. The van der Waals surface area contributed by atoms with Crippen LogP contribution in [0.3, 0.4) is 0 Å². The predicted octanol–water partition coefficient (Wildman–Crippen LogP) is 2.91. The molecule has 0 spiro atoms. The second-order valence-corrected chi connectivity index (χ2v) is 7.50.